The predicted molar refractivity (Wildman–Crippen MR) is 127 cm³/mol. The molecule has 0 radical (unpaired) electrons. The number of nitrogens with one attached hydrogen (secondary N) is 3. The zero-order chi connectivity index (χ0) is 19.9. The van der Waals surface area contributed by atoms with Crippen molar-refractivity contribution < 1.29 is 14.3 Å². The normalized spacial score (nSPS) is 14.7. The monoisotopic (exact) mass is 518 g/mol. The van der Waals surface area contributed by atoms with Gasteiger partial charge in [0, 0.05) is 58.7 Å². The Kier molecular flexibility index (Phi) is 14.5. The summed E-state index contributed by atoms with van der Waals surface area (Å²) in [5.74, 6) is 1.39. The molecule has 0 saturated carbocycles. The molecule has 7 nitrogen and oxygen atoms in total. The standard InChI is InChI=1S/C21H34N4O3.HI/c1-22-21(25-13-6-14-28-17-18-9-15-27-16-10-18)24-12-5-11-23-20(26)19-7-3-2-4-8-19;/h2-4,7-8,18H,5-6,9-17H2,1H3,(H,23,26)(H2,22,24,25);1H. The lowest BCUT2D eigenvalue weighted by molar-refractivity contribution is 0.0203. The molecule has 0 unspecified atom stereocenters. The van der Waals surface area contributed by atoms with E-state index in [0.717, 1.165) is 71.2 Å². The second-order valence-electron chi connectivity index (χ2n) is 6.89. The summed E-state index contributed by atoms with van der Waals surface area (Å²) in [5, 5.41) is 9.46. The van der Waals surface area contributed by atoms with E-state index in [2.05, 4.69) is 20.9 Å². The highest BCUT2D eigenvalue weighted by Crippen LogP contribution is 2.14. The van der Waals surface area contributed by atoms with E-state index < -0.39 is 0 Å². The van der Waals surface area contributed by atoms with Gasteiger partial charge in [-0.1, -0.05) is 18.2 Å². The van der Waals surface area contributed by atoms with Crippen LogP contribution in [0.2, 0.25) is 0 Å². The maximum atomic E-state index is 11.9. The lowest BCUT2D eigenvalue weighted by Gasteiger charge is -2.21. The number of hydrogen-bond acceptors (Lipinski definition) is 4. The number of amides is 1. The van der Waals surface area contributed by atoms with Crippen LogP contribution in [0, 0.1) is 5.92 Å². The first-order valence-corrected chi connectivity index (χ1v) is 10.2. The van der Waals surface area contributed by atoms with E-state index in [1.54, 1.807) is 7.05 Å². The number of benzene rings is 1. The number of rotatable bonds is 11. The number of carbonyl (C=O) groups is 1. The Bertz CT molecular complexity index is 581. The zero-order valence-corrected chi connectivity index (χ0v) is 19.7. The second kappa shape index (κ2) is 16.4. The molecule has 164 valence electrons. The Hall–Kier alpha value is -1.39. The molecule has 0 atom stereocenters. The van der Waals surface area contributed by atoms with Gasteiger partial charge in [0.05, 0.1) is 0 Å². The molecule has 1 aromatic carbocycles. The van der Waals surface area contributed by atoms with Crippen molar-refractivity contribution in [2.24, 2.45) is 10.9 Å². The Labute approximate surface area is 191 Å². The number of nitrogens with zero attached hydrogens (tertiary/aromatic N) is 1. The van der Waals surface area contributed by atoms with Crippen LogP contribution in [0.3, 0.4) is 0 Å². The molecule has 1 aliphatic heterocycles. The summed E-state index contributed by atoms with van der Waals surface area (Å²) in [6.07, 6.45) is 3.99. The summed E-state index contributed by atoms with van der Waals surface area (Å²) in [5.41, 5.74) is 0.687. The van der Waals surface area contributed by atoms with E-state index in [1.165, 1.54) is 0 Å². The molecule has 1 aliphatic rings. The van der Waals surface area contributed by atoms with E-state index in [-0.39, 0.29) is 29.9 Å². The minimum Gasteiger partial charge on any atom is -0.381 e. The van der Waals surface area contributed by atoms with Crippen LogP contribution in [-0.4, -0.2) is 65.0 Å². The molecule has 1 heterocycles. The van der Waals surface area contributed by atoms with Crippen molar-refractivity contribution in [1.82, 2.24) is 16.0 Å². The first-order valence-electron chi connectivity index (χ1n) is 10.2. The summed E-state index contributed by atoms with van der Waals surface area (Å²) >= 11 is 0. The topological polar surface area (TPSA) is 84.0 Å². The predicted octanol–water partition coefficient (Wildman–Crippen LogP) is 2.42. The van der Waals surface area contributed by atoms with E-state index in [9.17, 15) is 4.79 Å². The van der Waals surface area contributed by atoms with Crippen LogP contribution in [0.1, 0.15) is 36.0 Å². The van der Waals surface area contributed by atoms with Crippen LogP contribution in [0.15, 0.2) is 35.3 Å². The van der Waals surface area contributed by atoms with Gasteiger partial charge < -0.3 is 25.4 Å². The van der Waals surface area contributed by atoms with Gasteiger partial charge in [0.15, 0.2) is 5.96 Å². The van der Waals surface area contributed by atoms with Gasteiger partial charge in [0.1, 0.15) is 0 Å². The third-order valence-corrected chi connectivity index (χ3v) is 4.64. The Balaban J connectivity index is 0.00000420. The van der Waals surface area contributed by atoms with Gasteiger partial charge in [-0.15, -0.1) is 24.0 Å². The van der Waals surface area contributed by atoms with Crippen molar-refractivity contribution in [2.45, 2.75) is 25.7 Å². The average molecular weight is 518 g/mol. The Morgan fingerprint density at radius 2 is 1.72 bits per heavy atom. The van der Waals surface area contributed by atoms with Gasteiger partial charge in [0.2, 0.25) is 0 Å². The molecule has 2 rings (SSSR count). The lowest BCUT2D eigenvalue weighted by Crippen LogP contribution is -2.39. The Morgan fingerprint density at radius 1 is 1.07 bits per heavy atom. The smallest absolute Gasteiger partial charge is 0.251 e. The minimum absolute atomic E-state index is 0. The first-order chi connectivity index (χ1) is 13.8. The highest BCUT2D eigenvalue weighted by atomic mass is 127. The molecule has 0 aliphatic carbocycles. The maximum absolute atomic E-state index is 11.9. The van der Waals surface area contributed by atoms with Gasteiger partial charge in [0.25, 0.3) is 5.91 Å². The summed E-state index contributed by atoms with van der Waals surface area (Å²) in [7, 11) is 1.76. The van der Waals surface area contributed by atoms with Crippen molar-refractivity contribution in [1.29, 1.82) is 0 Å². The molecule has 29 heavy (non-hydrogen) atoms. The largest absolute Gasteiger partial charge is 0.381 e. The van der Waals surface area contributed by atoms with Crippen LogP contribution in [0.25, 0.3) is 0 Å². The molecular formula is C21H35IN4O3. The number of halogens is 1. The molecule has 8 heteroatoms. The molecular weight excluding hydrogens is 483 g/mol. The Morgan fingerprint density at radius 3 is 2.41 bits per heavy atom. The van der Waals surface area contributed by atoms with Crippen LogP contribution in [0.4, 0.5) is 0 Å². The highest BCUT2D eigenvalue weighted by molar-refractivity contribution is 14.0. The quantitative estimate of drug-likeness (QED) is 0.182. The fourth-order valence-corrected chi connectivity index (χ4v) is 2.95. The molecule has 1 saturated heterocycles. The van der Waals surface area contributed by atoms with Crippen LogP contribution >= 0.6 is 24.0 Å². The second-order valence-corrected chi connectivity index (χ2v) is 6.89. The molecule has 1 amide bonds. The molecule has 1 fully saturated rings. The van der Waals surface area contributed by atoms with E-state index in [4.69, 9.17) is 9.47 Å². The average Bonchev–Trinajstić information content (AvgIpc) is 2.75. The number of hydrogen-bond donors (Lipinski definition) is 3. The van der Waals surface area contributed by atoms with Gasteiger partial charge >= 0.3 is 0 Å². The van der Waals surface area contributed by atoms with Gasteiger partial charge in [-0.25, -0.2) is 0 Å². The van der Waals surface area contributed by atoms with Crippen molar-refractivity contribution in [3.8, 4) is 0 Å². The van der Waals surface area contributed by atoms with Crippen LogP contribution < -0.4 is 16.0 Å². The van der Waals surface area contributed by atoms with Gasteiger partial charge in [-0.3, -0.25) is 9.79 Å². The molecule has 0 bridgehead atoms. The number of aliphatic imine (C=N–C) groups is 1. The zero-order valence-electron chi connectivity index (χ0n) is 17.3. The van der Waals surface area contributed by atoms with Crippen molar-refractivity contribution in [3.05, 3.63) is 35.9 Å². The number of ether oxygens (including phenoxy) is 2. The fraction of sp³-hybridized carbons (Fsp3) is 0.619. The van der Waals surface area contributed by atoms with E-state index in [1.807, 2.05) is 30.3 Å². The molecule has 3 N–H and O–H groups in total. The van der Waals surface area contributed by atoms with Crippen LogP contribution in [-0.2, 0) is 9.47 Å². The summed E-state index contributed by atoms with van der Waals surface area (Å²) in [6.45, 7) is 5.52. The van der Waals surface area contributed by atoms with E-state index in [0.29, 0.717) is 18.0 Å². The van der Waals surface area contributed by atoms with E-state index >= 15 is 0 Å². The van der Waals surface area contributed by atoms with Gasteiger partial charge in [-0.05, 0) is 43.7 Å². The summed E-state index contributed by atoms with van der Waals surface area (Å²) < 4.78 is 11.1. The minimum atomic E-state index is -0.0381. The summed E-state index contributed by atoms with van der Waals surface area (Å²) in [6, 6.07) is 9.25. The third-order valence-electron chi connectivity index (χ3n) is 4.64. The summed E-state index contributed by atoms with van der Waals surface area (Å²) in [4.78, 5) is 16.2. The van der Waals surface area contributed by atoms with Crippen LogP contribution in [0.5, 0.6) is 0 Å². The number of carbonyl (C=O) groups excluding carboxylic acids is 1. The van der Waals surface area contributed by atoms with Crippen molar-refractivity contribution >= 4 is 35.8 Å². The number of guanidine groups is 1. The van der Waals surface area contributed by atoms with Crippen molar-refractivity contribution in [3.63, 3.8) is 0 Å². The SMILES string of the molecule is CN=C(NCCCNC(=O)c1ccccc1)NCCCOCC1CCOCC1.I. The maximum Gasteiger partial charge on any atom is 0.251 e. The van der Waals surface area contributed by atoms with Gasteiger partial charge in [-0.2, -0.15) is 0 Å². The lowest BCUT2D eigenvalue weighted by atomic mass is 10.0. The molecule has 1 aromatic rings. The fourth-order valence-electron chi connectivity index (χ4n) is 2.95. The first kappa shape index (κ1) is 25.6. The third kappa shape index (κ3) is 11.4. The molecule has 0 spiro atoms. The highest BCUT2D eigenvalue weighted by Gasteiger charge is 2.13. The van der Waals surface area contributed by atoms with Crippen molar-refractivity contribution in [2.75, 3.05) is 53.1 Å². The molecule has 0 aromatic heterocycles.